The predicted molar refractivity (Wildman–Crippen MR) is 109 cm³/mol. The van der Waals surface area contributed by atoms with Gasteiger partial charge in [-0.2, -0.15) is 0 Å². The van der Waals surface area contributed by atoms with Gasteiger partial charge in [0.05, 0.1) is 25.2 Å². The van der Waals surface area contributed by atoms with Gasteiger partial charge in [0.2, 0.25) is 0 Å². The fraction of sp³-hybridized carbons (Fsp3) is 0.870. The van der Waals surface area contributed by atoms with Crippen molar-refractivity contribution in [3.63, 3.8) is 0 Å². The summed E-state index contributed by atoms with van der Waals surface area (Å²) in [4.78, 5) is 14.6. The van der Waals surface area contributed by atoms with Crippen molar-refractivity contribution in [3.05, 3.63) is 11.6 Å². The molecule has 0 N–H and O–H groups in total. The maximum Gasteiger partial charge on any atom is 0.410 e. The molecule has 4 saturated heterocycles. The molecule has 30 heavy (non-hydrogen) atoms. The van der Waals surface area contributed by atoms with Crippen molar-refractivity contribution in [2.75, 3.05) is 40.0 Å². The third-order valence-corrected chi connectivity index (χ3v) is 7.98. The molecule has 1 unspecified atom stereocenters. The number of ether oxygens (including phenoxy) is 5. The number of epoxide rings is 2. The van der Waals surface area contributed by atoms with Crippen LogP contribution in [-0.2, 0) is 23.7 Å². The molecule has 5 rings (SSSR count). The van der Waals surface area contributed by atoms with Crippen LogP contribution in [0.3, 0.4) is 0 Å². The highest BCUT2D eigenvalue weighted by Gasteiger charge is 2.72. The molecule has 1 aliphatic carbocycles. The Balaban J connectivity index is 1.26. The zero-order chi connectivity index (χ0) is 21.1. The first kappa shape index (κ1) is 20.7. The molecule has 5 aliphatic rings. The van der Waals surface area contributed by atoms with Crippen LogP contribution in [0.4, 0.5) is 4.79 Å². The van der Waals surface area contributed by atoms with Crippen molar-refractivity contribution < 1.29 is 28.5 Å². The molecule has 0 aromatic carbocycles. The van der Waals surface area contributed by atoms with Gasteiger partial charge in [0.1, 0.15) is 23.4 Å². The first-order valence-corrected chi connectivity index (χ1v) is 11.3. The topological polar surface area (TPSA) is 73.1 Å². The number of amides is 1. The number of rotatable bonds is 5. The van der Waals surface area contributed by atoms with Crippen LogP contribution >= 0.6 is 0 Å². The van der Waals surface area contributed by atoms with Crippen LogP contribution in [-0.4, -0.2) is 80.5 Å². The number of nitrogens with zero attached hydrogens (tertiary/aromatic N) is 1. The highest BCUT2D eigenvalue weighted by atomic mass is 16.6. The van der Waals surface area contributed by atoms with Gasteiger partial charge in [0.15, 0.2) is 0 Å². The maximum absolute atomic E-state index is 12.8. The molecule has 4 aliphatic heterocycles. The Kier molecular flexibility index (Phi) is 4.97. The van der Waals surface area contributed by atoms with Crippen LogP contribution in [0.2, 0.25) is 0 Å². The Morgan fingerprint density at radius 1 is 1.23 bits per heavy atom. The predicted octanol–water partition coefficient (Wildman–Crippen LogP) is 2.92. The summed E-state index contributed by atoms with van der Waals surface area (Å²) >= 11 is 0. The summed E-state index contributed by atoms with van der Waals surface area (Å²) in [6.45, 7) is 10.1. The van der Waals surface area contributed by atoms with E-state index in [1.165, 1.54) is 5.57 Å². The number of carbonyl (C=O) groups excluding carboxylic acids is 1. The smallest absolute Gasteiger partial charge is 0.410 e. The van der Waals surface area contributed by atoms with Gasteiger partial charge in [-0.1, -0.05) is 11.6 Å². The number of methoxy groups -OCH3 is 1. The van der Waals surface area contributed by atoms with E-state index in [1.807, 2.05) is 0 Å². The van der Waals surface area contributed by atoms with E-state index in [2.05, 4.69) is 26.8 Å². The van der Waals surface area contributed by atoms with E-state index in [-0.39, 0.29) is 46.9 Å². The second-order valence-corrected chi connectivity index (χ2v) is 10.5. The lowest BCUT2D eigenvalue weighted by Crippen LogP contribution is -2.61. The van der Waals surface area contributed by atoms with E-state index in [0.717, 1.165) is 58.6 Å². The molecule has 2 spiro atoms. The van der Waals surface area contributed by atoms with Crippen LogP contribution in [0.15, 0.2) is 11.6 Å². The normalized spacial score (nSPS) is 43.4. The summed E-state index contributed by atoms with van der Waals surface area (Å²) in [7, 11) is 1.71. The van der Waals surface area contributed by atoms with Gasteiger partial charge in [-0.25, -0.2) is 4.79 Å². The van der Waals surface area contributed by atoms with Gasteiger partial charge in [0.25, 0.3) is 0 Å². The van der Waals surface area contributed by atoms with E-state index in [9.17, 15) is 4.79 Å². The molecular weight excluding hydrogens is 386 g/mol. The molecule has 1 amide bonds. The van der Waals surface area contributed by atoms with Crippen LogP contribution in [0.25, 0.3) is 0 Å². The Labute approximate surface area is 179 Å². The number of hydrogen-bond donors (Lipinski definition) is 0. The molecule has 0 aromatic rings. The second-order valence-electron chi connectivity index (χ2n) is 10.5. The quantitative estimate of drug-likeness (QED) is 0.502. The Hall–Kier alpha value is -1.15. The molecule has 7 heteroatoms. The zero-order valence-corrected chi connectivity index (χ0v) is 18.6. The van der Waals surface area contributed by atoms with E-state index in [4.69, 9.17) is 23.7 Å². The standard InChI is InChI=1S/C23H35NO6/c1-15(2)5-6-17-21(3,30-17)19-18(26-4)16(7-8-23(19)14-28-23)29-20(25)24-11-22(12-24)9-10-27-13-22/h5,16-19H,6-14H2,1-4H3/t16-,17-,18-,19?,21+,23+/m1/s1. The molecule has 1 saturated carbocycles. The molecule has 7 nitrogen and oxygen atoms in total. The number of carbonyl (C=O) groups is 1. The number of allylic oxidation sites excluding steroid dienone is 1. The summed E-state index contributed by atoms with van der Waals surface area (Å²) < 4.78 is 29.7. The van der Waals surface area contributed by atoms with Gasteiger partial charge in [-0.3, -0.25) is 0 Å². The van der Waals surface area contributed by atoms with E-state index < -0.39 is 0 Å². The van der Waals surface area contributed by atoms with E-state index in [0.29, 0.717) is 0 Å². The summed E-state index contributed by atoms with van der Waals surface area (Å²) in [5.41, 5.74) is 0.953. The molecule has 0 bridgehead atoms. The van der Waals surface area contributed by atoms with Crippen molar-refractivity contribution in [3.8, 4) is 0 Å². The summed E-state index contributed by atoms with van der Waals surface area (Å²) in [5.74, 6) is 0.0584. The number of hydrogen-bond acceptors (Lipinski definition) is 6. The summed E-state index contributed by atoms with van der Waals surface area (Å²) in [6, 6.07) is 0. The third kappa shape index (κ3) is 3.38. The minimum absolute atomic E-state index is 0.0584. The lowest BCUT2D eigenvalue weighted by molar-refractivity contribution is -0.127. The van der Waals surface area contributed by atoms with Crippen LogP contribution in [0.1, 0.15) is 46.5 Å². The van der Waals surface area contributed by atoms with Crippen molar-refractivity contribution >= 4 is 6.09 Å². The van der Waals surface area contributed by atoms with E-state index >= 15 is 0 Å². The van der Waals surface area contributed by atoms with Crippen LogP contribution in [0, 0.1) is 11.3 Å². The van der Waals surface area contributed by atoms with Crippen molar-refractivity contribution in [2.24, 2.45) is 11.3 Å². The molecule has 5 fully saturated rings. The molecule has 168 valence electrons. The summed E-state index contributed by atoms with van der Waals surface area (Å²) in [6.07, 6.45) is 5.22. The van der Waals surface area contributed by atoms with Gasteiger partial charge in [0, 0.05) is 32.2 Å². The molecule has 6 atom stereocenters. The van der Waals surface area contributed by atoms with Crippen molar-refractivity contribution in [2.45, 2.75) is 76.0 Å². The summed E-state index contributed by atoms with van der Waals surface area (Å²) in [5, 5.41) is 0. The van der Waals surface area contributed by atoms with Gasteiger partial charge >= 0.3 is 6.09 Å². The average Bonchev–Trinajstić information content (AvgIpc) is 3.52. The second kappa shape index (κ2) is 7.19. The Morgan fingerprint density at radius 2 is 2.00 bits per heavy atom. The van der Waals surface area contributed by atoms with Crippen LogP contribution in [0.5, 0.6) is 0 Å². The Bertz CT molecular complexity index is 715. The lowest BCUT2D eigenvalue weighted by Gasteiger charge is -2.48. The fourth-order valence-corrected chi connectivity index (χ4v) is 6.07. The fourth-order valence-electron chi connectivity index (χ4n) is 6.07. The van der Waals surface area contributed by atoms with E-state index in [1.54, 1.807) is 12.0 Å². The Morgan fingerprint density at radius 3 is 2.60 bits per heavy atom. The molecule has 0 aromatic heterocycles. The highest BCUT2D eigenvalue weighted by molar-refractivity contribution is 5.69. The highest BCUT2D eigenvalue weighted by Crippen LogP contribution is 2.59. The minimum Gasteiger partial charge on any atom is -0.443 e. The molecular formula is C23H35NO6. The maximum atomic E-state index is 12.8. The lowest BCUT2D eigenvalue weighted by atomic mass is 9.68. The zero-order valence-electron chi connectivity index (χ0n) is 18.6. The largest absolute Gasteiger partial charge is 0.443 e. The van der Waals surface area contributed by atoms with Crippen molar-refractivity contribution in [1.82, 2.24) is 4.90 Å². The monoisotopic (exact) mass is 421 g/mol. The average molecular weight is 422 g/mol. The molecule has 4 heterocycles. The minimum atomic E-state index is -0.309. The number of likely N-dealkylation sites (tertiary alicyclic amines) is 1. The SMILES string of the molecule is CO[C@H]1C([C@@]2(C)O[C@@H]2CC=C(C)C)[C@]2(CC[C@H]1OC(=O)N1CC3(CCOC3)C1)CO2. The van der Waals surface area contributed by atoms with Gasteiger partial charge in [-0.15, -0.1) is 0 Å². The first-order chi connectivity index (χ1) is 14.3. The first-order valence-electron chi connectivity index (χ1n) is 11.3. The van der Waals surface area contributed by atoms with Crippen LogP contribution < -0.4 is 0 Å². The van der Waals surface area contributed by atoms with Crippen molar-refractivity contribution in [1.29, 1.82) is 0 Å². The van der Waals surface area contributed by atoms with Gasteiger partial charge in [-0.05, 0) is 46.5 Å². The molecule has 0 radical (unpaired) electrons. The third-order valence-electron chi connectivity index (χ3n) is 7.98. The van der Waals surface area contributed by atoms with Gasteiger partial charge < -0.3 is 28.6 Å².